The molecule has 1 saturated carbocycles. The number of aliphatic carboxylic acids is 1. The number of carboxylic acids is 1. The van der Waals surface area contributed by atoms with Gasteiger partial charge in [-0.05, 0) is 50.0 Å². The van der Waals surface area contributed by atoms with E-state index in [2.05, 4.69) is 21.3 Å². The van der Waals surface area contributed by atoms with Crippen LogP contribution in [0.3, 0.4) is 0 Å². The van der Waals surface area contributed by atoms with Gasteiger partial charge in [0.15, 0.2) is 0 Å². The maximum absolute atomic E-state index is 13.4. The van der Waals surface area contributed by atoms with Crippen LogP contribution >= 0.6 is 0 Å². The second kappa shape index (κ2) is 16.8. The Labute approximate surface area is 225 Å². The molecule has 0 heterocycles. The molecular weight excluding hydrogens is 492 g/mol. The number of rotatable bonds is 16. The molecule has 0 bridgehead atoms. The van der Waals surface area contributed by atoms with Gasteiger partial charge in [0.1, 0.15) is 24.2 Å². The van der Waals surface area contributed by atoms with Crippen molar-refractivity contribution < 1.29 is 29.1 Å². The molecule has 12 nitrogen and oxygen atoms in total. The van der Waals surface area contributed by atoms with E-state index in [1.807, 2.05) is 0 Å². The lowest BCUT2D eigenvalue weighted by atomic mass is 9.84. The van der Waals surface area contributed by atoms with Gasteiger partial charge >= 0.3 is 12.0 Å². The number of hydrogen-bond acceptors (Lipinski definition) is 6. The number of nitrogens with two attached hydrogens (primary N) is 2. The molecule has 0 spiro atoms. The third kappa shape index (κ3) is 11.7. The van der Waals surface area contributed by atoms with Gasteiger partial charge in [0.2, 0.25) is 17.7 Å². The molecule has 0 aromatic carbocycles. The van der Waals surface area contributed by atoms with Crippen LogP contribution in [0.1, 0.15) is 85.5 Å². The van der Waals surface area contributed by atoms with Gasteiger partial charge < -0.3 is 37.8 Å². The molecule has 0 unspecified atom stereocenters. The summed E-state index contributed by atoms with van der Waals surface area (Å²) < 4.78 is 0. The quantitative estimate of drug-likeness (QED) is 0.141. The first kappa shape index (κ1) is 33.1. The number of unbranched alkanes of at least 4 members (excludes halogenated alkanes) is 1. The van der Waals surface area contributed by atoms with Crippen molar-refractivity contribution >= 4 is 29.7 Å². The number of carbonyl (C=O) groups is 5. The van der Waals surface area contributed by atoms with E-state index in [4.69, 9.17) is 11.5 Å². The van der Waals surface area contributed by atoms with Gasteiger partial charge in [-0.1, -0.05) is 59.8 Å². The fraction of sp³-hybridized carbons (Fsp3) is 0.808. The molecule has 1 rings (SSSR count). The second-order valence-corrected chi connectivity index (χ2v) is 10.9. The van der Waals surface area contributed by atoms with Crippen molar-refractivity contribution in [2.75, 3.05) is 6.54 Å². The highest BCUT2D eigenvalue weighted by Crippen LogP contribution is 2.27. The SMILES string of the molecule is CC(C)[C@H](NC(=O)[C@@H](NC(=O)[C@@H](CC1CCCCC1)NC(=O)N[C@@H](CCCCN)C(=O)O)C(C)C)C(N)=O. The third-order valence-electron chi connectivity index (χ3n) is 6.98. The van der Waals surface area contributed by atoms with E-state index in [-0.39, 0.29) is 24.2 Å². The lowest BCUT2D eigenvalue weighted by Gasteiger charge is -2.30. The van der Waals surface area contributed by atoms with Crippen LogP contribution < -0.4 is 32.7 Å². The molecule has 4 atom stereocenters. The minimum absolute atomic E-state index is 0.214. The van der Waals surface area contributed by atoms with E-state index in [1.165, 1.54) is 0 Å². The normalized spacial score (nSPS) is 17.2. The Bertz CT molecular complexity index is 799. The summed E-state index contributed by atoms with van der Waals surface area (Å²) in [4.78, 5) is 62.6. The molecule has 5 amide bonds. The predicted molar refractivity (Wildman–Crippen MR) is 144 cm³/mol. The first-order chi connectivity index (χ1) is 17.9. The van der Waals surface area contributed by atoms with Crippen LogP contribution in [-0.4, -0.2) is 65.5 Å². The molecule has 38 heavy (non-hydrogen) atoms. The molecule has 12 heteroatoms. The number of amides is 5. The van der Waals surface area contributed by atoms with Crippen LogP contribution in [0.2, 0.25) is 0 Å². The van der Waals surface area contributed by atoms with Crippen LogP contribution in [0.15, 0.2) is 0 Å². The first-order valence-corrected chi connectivity index (χ1v) is 13.8. The molecule has 218 valence electrons. The van der Waals surface area contributed by atoms with E-state index in [0.717, 1.165) is 32.1 Å². The molecule has 0 aliphatic heterocycles. The summed E-state index contributed by atoms with van der Waals surface area (Å²) in [5.74, 6) is -3.27. The summed E-state index contributed by atoms with van der Waals surface area (Å²) in [5.41, 5.74) is 10.9. The summed E-state index contributed by atoms with van der Waals surface area (Å²) in [6.07, 6.45) is 6.79. The lowest BCUT2D eigenvalue weighted by Crippen LogP contribution is -2.60. The molecule has 0 radical (unpaired) electrons. The Hall–Kier alpha value is -2.89. The van der Waals surface area contributed by atoms with Crippen LogP contribution in [0.25, 0.3) is 0 Å². The zero-order valence-electron chi connectivity index (χ0n) is 23.3. The zero-order chi connectivity index (χ0) is 28.8. The Balaban J connectivity index is 3.01. The van der Waals surface area contributed by atoms with Crippen LogP contribution in [-0.2, 0) is 19.2 Å². The highest BCUT2D eigenvalue weighted by Gasteiger charge is 2.33. The maximum atomic E-state index is 13.4. The monoisotopic (exact) mass is 540 g/mol. The van der Waals surface area contributed by atoms with Crippen molar-refractivity contribution in [2.24, 2.45) is 29.2 Å². The summed E-state index contributed by atoms with van der Waals surface area (Å²) in [7, 11) is 0. The summed E-state index contributed by atoms with van der Waals surface area (Å²) in [6, 6.07) is -4.71. The number of primary amides is 1. The van der Waals surface area contributed by atoms with Crippen molar-refractivity contribution in [3.8, 4) is 0 Å². The van der Waals surface area contributed by atoms with Gasteiger partial charge in [-0.2, -0.15) is 0 Å². The van der Waals surface area contributed by atoms with Crippen LogP contribution in [0.4, 0.5) is 4.79 Å². The summed E-state index contributed by atoms with van der Waals surface area (Å²) >= 11 is 0. The highest BCUT2D eigenvalue weighted by molar-refractivity contribution is 5.94. The van der Waals surface area contributed by atoms with Crippen molar-refractivity contribution in [3.63, 3.8) is 0 Å². The topological polar surface area (TPSA) is 206 Å². The molecule has 9 N–H and O–H groups in total. The van der Waals surface area contributed by atoms with E-state index in [9.17, 15) is 29.1 Å². The predicted octanol–water partition coefficient (Wildman–Crippen LogP) is 0.974. The van der Waals surface area contributed by atoms with Gasteiger partial charge in [-0.3, -0.25) is 14.4 Å². The van der Waals surface area contributed by atoms with Gasteiger partial charge in [-0.25, -0.2) is 9.59 Å². The smallest absolute Gasteiger partial charge is 0.326 e. The molecular formula is C26H48N6O6. The maximum Gasteiger partial charge on any atom is 0.326 e. The molecule has 1 aliphatic rings. The number of urea groups is 1. The number of carbonyl (C=O) groups excluding carboxylic acids is 4. The molecule has 0 aromatic rings. The van der Waals surface area contributed by atoms with E-state index in [1.54, 1.807) is 27.7 Å². The van der Waals surface area contributed by atoms with E-state index >= 15 is 0 Å². The number of hydrogen-bond donors (Lipinski definition) is 7. The van der Waals surface area contributed by atoms with Crippen molar-refractivity contribution in [2.45, 2.75) is 110 Å². The van der Waals surface area contributed by atoms with Gasteiger partial charge in [0.25, 0.3) is 0 Å². The molecule has 0 aromatic heterocycles. The van der Waals surface area contributed by atoms with Gasteiger partial charge in [0.05, 0.1) is 0 Å². The molecule has 1 fully saturated rings. The summed E-state index contributed by atoms with van der Waals surface area (Å²) in [6.45, 7) is 7.44. The summed E-state index contributed by atoms with van der Waals surface area (Å²) in [5, 5.41) is 19.9. The van der Waals surface area contributed by atoms with Crippen molar-refractivity contribution in [3.05, 3.63) is 0 Å². The van der Waals surface area contributed by atoms with Crippen molar-refractivity contribution in [1.82, 2.24) is 21.3 Å². The Kier molecular flexibility index (Phi) is 14.7. The lowest BCUT2D eigenvalue weighted by molar-refractivity contribution is -0.139. The van der Waals surface area contributed by atoms with Crippen LogP contribution in [0.5, 0.6) is 0 Å². The standard InChI is InChI=1S/C26H48N6O6/c1-15(2)20(22(28)33)31-24(35)21(16(3)4)32-23(34)19(14-17-10-6-5-7-11-17)30-26(38)29-18(25(36)37)12-8-9-13-27/h15-21H,5-14,27H2,1-4H3,(H2,28,33)(H,31,35)(H,32,34)(H,36,37)(H2,29,30,38)/t18-,19+,20-,21-/m0/s1. The minimum Gasteiger partial charge on any atom is -0.480 e. The van der Waals surface area contributed by atoms with Gasteiger partial charge in [0, 0.05) is 0 Å². The van der Waals surface area contributed by atoms with E-state index < -0.39 is 53.9 Å². The van der Waals surface area contributed by atoms with Crippen molar-refractivity contribution in [1.29, 1.82) is 0 Å². The minimum atomic E-state index is -1.17. The third-order valence-corrected chi connectivity index (χ3v) is 6.98. The second-order valence-electron chi connectivity index (χ2n) is 10.9. The Morgan fingerprint density at radius 1 is 0.789 bits per heavy atom. The first-order valence-electron chi connectivity index (χ1n) is 13.8. The average Bonchev–Trinajstić information content (AvgIpc) is 2.84. The fourth-order valence-corrected chi connectivity index (χ4v) is 4.69. The highest BCUT2D eigenvalue weighted by atomic mass is 16.4. The average molecular weight is 541 g/mol. The Morgan fingerprint density at radius 2 is 1.34 bits per heavy atom. The number of nitrogens with one attached hydrogen (secondary N) is 4. The van der Waals surface area contributed by atoms with Crippen LogP contribution in [0, 0.1) is 17.8 Å². The number of carboxylic acid groups (broad SMARTS) is 1. The molecule has 0 saturated heterocycles. The fourth-order valence-electron chi connectivity index (χ4n) is 4.69. The Morgan fingerprint density at radius 3 is 1.84 bits per heavy atom. The van der Waals surface area contributed by atoms with Gasteiger partial charge in [-0.15, -0.1) is 0 Å². The largest absolute Gasteiger partial charge is 0.480 e. The van der Waals surface area contributed by atoms with E-state index in [0.29, 0.717) is 25.8 Å². The molecule has 1 aliphatic carbocycles. The zero-order valence-corrected chi connectivity index (χ0v) is 23.3.